The van der Waals surface area contributed by atoms with Gasteiger partial charge in [-0.25, -0.2) is 0 Å². The molecule has 3 heteroatoms. The van der Waals surface area contributed by atoms with Gasteiger partial charge in [0.1, 0.15) is 0 Å². The van der Waals surface area contributed by atoms with Crippen LogP contribution < -0.4 is 0 Å². The van der Waals surface area contributed by atoms with Crippen LogP contribution in [0.2, 0.25) is 0 Å². The number of aliphatic hydroxyl groups excluding tert-OH is 2. The maximum Gasteiger partial charge on any atom is 2.00 e. The smallest absolute Gasteiger partial charge is 0.396 e. The number of aryl methyl sites for hydroxylation is 2. The summed E-state index contributed by atoms with van der Waals surface area (Å²) in [5.74, 6) is 0. The van der Waals surface area contributed by atoms with Gasteiger partial charge in [-0.3, -0.25) is 0 Å². The Bertz CT molecular complexity index is 2600. The molecule has 56 heavy (non-hydrogen) atoms. The Labute approximate surface area is 348 Å². The minimum atomic E-state index is 0. The van der Waals surface area contributed by atoms with Crippen LogP contribution in [0.4, 0.5) is 0 Å². The maximum absolute atomic E-state index is 7.91. The van der Waals surface area contributed by atoms with Crippen molar-refractivity contribution >= 4 is 64.6 Å². The van der Waals surface area contributed by atoms with Gasteiger partial charge in [-0.05, 0) is 85.6 Å². The predicted molar refractivity (Wildman–Crippen MR) is 238 cm³/mol. The fourth-order valence-electron chi connectivity index (χ4n) is 8.12. The number of aliphatic hydroxyl groups is 2. The summed E-state index contributed by atoms with van der Waals surface area (Å²) in [6.07, 6.45) is 2.65. The molecule has 0 fully saturated rings. The van der Waals surface area contributed by atoms with E-state index in [-0.39, 0.29) is 39.4 Å². The number of hydrogen-bond acceptors (Lipinski definition) is 2. The minimum absolute atomic E-state index is 0. The van der Waals surface area contributed by atoms with Gasteiger partial charge in [0.05, 0.1) is 0 Å². The van der Waals surface area contributed by atoms with Gasteiger partial charge >= 0.3 is 26.2 Å². The number of benzene rings is 8. The fraction of sp³-hybridized carbons (Fsp3) is 0.132. The van der Waals surface area contributed by atoms with Crippen LogP contribution in [0.15, 0.2) is 170 Å². The largest absolute Gasteiger partial charge is 2.00 e. The van der Waals surface area contributed by atoms with Crippen LogP contribution in [0, 0.1) is 0 Å². The second kappa shape index (κ2) is 17.7. The molecule has 0 aromatic heterocycles. The van der Waals surface area contributed by atoms with Crippen LogP contribution >= 0.6 is 0 Å². The van der Waals surface area contributed by atoms with Crippen molar-refractivity contribution in [2.45, 2.75) is 33.1 Å². The SMILES string of the molecule is CCc1cc2c(-c3c4ccccc4cc4ccccc34)cccc2[cH-]1.CCc1cc2c(-c3c4ccccc4cc4ccccc34)cccc2[cH-]1.OCCCO.[Zr+2]. The van der Waals surface area contributed by atoms with Crippen LogP contribution in [0.5, 0.6) is 0 Å². The third-order valence-corrected chi connectivity index (χ3v) is 10.8. The zero-order chi connectivity index (χ0) is 37.7. The molecule has 0 saturated heterocycles. The van der Waals surface area contributed by atoms with Crippen LogP contribution in [-0.4, -0.2) is 23.4 Å². The van der Waals surface area contributed by atoms with E-state index in [4.69, 9.17) is 10.2 Å². The molecule has 2 N–H and O–H groups in total. The molecule has 0 aliphatic rings. The zero-order valence-corrected chi connectivity index (χ0v) is 34.6. The molecule has 10 aromatic carbocycles. The van der Waals surface area contributed by atoms with Crippen molar-refractivity contribution in [2.24, 2.45) is 0 Å². The second-order valence-corrected chi connectivity index (χ2v) is 14.2. The van der Waals surface area contributed by atoms with Crippen molar-refractivity contribution in [3.8, 4) is 22.3 Å². The van der Waals surface area contributed by atoms with Gasteiger partial charge in [0, 0.05) is 13.2 Å². The first-order valence-electron chi connectivity index (χ1n) is 19.5. The van der Waals surface area contributed by atoms with E-state index in [0.29, 0.717) is 6.42 Å². The van der Waals surface area contributed by atoms with Crippen molar-refractivity contribution in [3.63, 3.8) is 0 Å². The van der Waals surface area contributed by atoms with E-state index in [1.807, 2.05) is 0 Å². The van der Waals surface area contributed by atoms with Crippen molar-refractivity contribution in [1.82, 2.24) is 0 Å². The van der Waals surface area contributed by atoms with E-state index >= 15 is 0 Å². The summed E-state index contributed by atoms with van der Waals surface area (Å²) in [6.45, 7) is 4.63. The molecule has 0 saturated carbocycles. The van der Waals surface area contributed by atoms with Crippen molar-refractivity contribution in [1.29, 1.82) is 0 Å². The first kappa shape index (κ1) is 39.1. The molecule has 0 bridgehead atoms. The van der Waals surface area contributed by atoms with Gasteiger partial charge in [0.15, 0.2) is 0 Å². The Hall–Kier alpha value is -5.18. The van der Waals surface area contributed by atoms with E-state index < -0.39 is 0 Å². The van der Waals surface area contributed by atoms with E-state index in [9.17, 15) is 0 Å². The van der Waals surface area contributed by atoms with Gasteiger partial charge < -0.3 is 10.2 Å². The summed E-state index contributed by atoms with van der Waals surface area (Å²) in [7, 11) is 0. The van der Waals surface area contributed by atoms with Gasteiger partial charge in [-0.2, -0.15) is 12.1 Å². The van der Waals surface area contributed by atoms with Crippen molar-refractivity contribution in [2.75, 3.05) is 13.2 Å². The van der Waals surface area contributed by atoms with Gasteiger partial charge in [0.2, 0.25) is 0 Å². The molecule has 2 nitrogen and oxygen atoms in total. The number of fused-ring (bicyclic) bond motifs is 6. The van der Waals surface area contributed by atoms with Gasteiger partial charge in [-0.15, -0.1) is 69.1 Å². The predicted octanol–water partition coefficient (Wildman–Crippen LogP) is 13.5. The molecule has 10 rings (SSSR count). The molecule has 0 aliphatic carbocycles. The molecular formula is C53H46O2Zr. The molecule has 0 amide bonds. The summed E-state index contributed by atoms with van der Waals surface area (Å²) in [5, 5.41) is 31.7. The van der Waals surface area contributed by atoms with Crippen molar-refractivity contribution in [3.05, 3.63) is 181 Å². The molecule has 274 valence electrons. The number of rotatable bonds is 6. The summed E-state index contributed by atoms with van der Waals surface area (Å²) in [4.78, 5) is 0. The Balaban J connectivity index is 0.000000151. The molecule has 0 radical (unpaired) electrons. The average molecular weight is 806 g/mol. The molecular weight excluding hydrogens is 760 g/mol. The summed E-state index contributed by atoms with van der Waals surface area (Å²) in [5.41, 5.74) is 8.20. The van der Waals surface area contributed by atoms with Gasteiger partial charge in [-0.1, -0.05) is 134 Å². The standard InChI is InChI=1S/2C25H19.C3H8O2.Zr/c2*1-2-17-14-18-10-7-13-23(24(18)15-17)25-21-11-5-3-8-19(21)16-20-9-4-6-12-22(20)25;4-2-1-3-5;/h2*3-16H,2H2,1H3;4-5H,1-3H2;/q2*-1;;+2. The van der Waals surface area contributed by atoms with Gasteiger partial charge in [0.25, 0.3) is 0 Å². The Morgan fingerprint density at radius 2 is 0.732 bits per heavy atom. The third kappa shape index (κ3) is 7.65. The second-order valence-electron chi connectivity index (χ2n) is 14.2. The van der Waals surface area contributed by atoms with Crippen molar-refractivity contribution < 1.29 is 36.4 Å². The molecule has 0 spiro atoms. The molecule has 0 aliphatic heterocycles. The van der Waals surface area contributed by atoms with E-state index in [2.05, 4.69) is 184 Å². The maximum atomic E-state index is 7.91. The van der Waals surface area contributed by atoms with Crippen LogP contribution in [-0.2, 0) is 39.0 Å². The summed E-state index contributed by atoms with van der Waals surface area (Å²) >= 11 is 0. The number of hydrogen-bond donors (Lipinski definition) is 2. The molecule has 0 heterocycles. The average Bonchev–Trinajstić information content (AvgIpc) is 3.87. The first-order chi connectivity index (χ1) is 27.1. The van der Waals surface area contributed by atoms with Crippen LogP contribution in [0.3, 0.4) is 0 Å². The van der Waals surface area contributed by atoms with E-state index in [0.717, 1.165) is 12.8 Å². The molecule has 0 unspecified atom stereocenters. The quantitative estimate of drug-likeness (QED) is 0.130. The first-order valence-corrected chi connectivity index (χ1v) is 19.5. The normalized spacial score (nSPS) is 11.1. The third-order valence-electron chi connectivity index (χ3n) is 10.8. The Morgan fingerprint density at radius 1 is 0.393 bits per heavy atom. The fourth-order valence-corrected chi connectivity index (χ4v) is 8.12. The monoisotopic (exact) mass is 804 g/mol. The Morgan fingerprint density at radius 3 is 1.04 bits per heavy atom. The Kier molecular flexibility index (Phi) is 12.4. The van der Waals surface area contributed by atoms with Crippen LogP contribution in [0.25, 0.3) is 86.9 Å². The summed E-state index contributed by atoms with van der Waals surface area (Å²) < 4.78 is 0. The van der Waals surface area contributed by atoms with E-state index in [1.54, 1.807) is 0 Å². The molecule has 10 aromatic rings. The minimum Gasteiger partial charge on any atom is -0.396 e. The van der Waals surface area contributed by atoms with E-state index in [1.165, 1.54) is 98.0 Å². The van der Waals surface area contributed by atoms with Crippen LogP contribution in [0.1, 0.15) is 31.4 Å². The topological polar surface area (TPSA) is 40.5 Å². The zero-order valence-electron chi connectivity index (χ0n) is 32.1. The summed E-state index contributed by atoms with van der Waals surface area (Å²) in [6, 6.07) is 62.3. The molecule has 0 atom stereocenters.